The molecule has 1 amide bonds. The van der Waals surface area contributed by atoms with Gasteiger partial charge in [0.15, 0.2) is 0 Å². The molecule has 0 spiro atoms. The summed E-state index contributed by atoms with van der Waals surface area (Å²) in [4.78, 5) is 21.6. The summed E-state index contributed by atoms with van der Waals surface area (Å²) in [7, 11) is 8.65. The van der Waals surface area contributed by atoms with E-state index in [1.54, 1.807) is 11.3 Å². The predicted octanol–water partition coefficient (Wildman–Crippen LogP) is 5.42. The molecule has 0 saturated carbocycles. The van der Waals surface area contributed by atoms with Crippen molar-refractivity contribution in [3.8, 4) is 0 Å². The van der Waals surface area contributed by atoms with E-state index in [-0.39, 0.29) is 11.6 Å². The number of carbonyl (C=O) groups is 1. The third-order valence-corrected chi connectivity index (χ3v) is 9.47. The third-order valence-electron chi connectivity index (χ3n) is 7.34. The van der Waals surface area contributed by atoms with Gasteiger partial charge in [-0.1, -0.05) is 12.1 Å². The SMILES string of the molecule is CN(C)C1(c2cccs2)CCN(C(=O)OC(C)(C)C)CC1.CN(C)C1(c2cccs2)CCNCC1. The van der Waals surface area contributed by atoms with Gasteiger partial charge in [-0.2, -0.15) is 0 Å². The molecule has 0 aromatic carbocycles. The molecule has 8 heteroatoms. The van der Waals surface area contributed by atoms with E-state index in [1.165, 1.54) is 22.6 Å². The first-order valence-electron chi connectivity index (χ1n) is 12.6. The zero-order valence-corrected chi connectivity index (χ0v) is 24.2. The Morgan fingerprint density at radius 2 is 1.34 bits per heavy atom. The number of thiophene rings is 2. The number of hydrogen-bond acceptors (Lipinski definition) is 7. The van der Waals surface area contributed by atoms with Crippen molar-refractivity contribution in [2.24, 2.45) is 0 Å². The molecular weight excluding hydrogens is 476 g/mol. The molecule has 0 aliphatic carbocycles. The van der Waals surface area contributed by atoms with Crippen LogP contribution in [0, 0.1) is 0 Å². The number of carbonyl (C=O) groups excluding carboxylic acids is 1. The quantitative estimate of drug-likeness (QED) is 0.583. The fourth-order valence-electron chi connectivity index (χ4n) is 5.14. The fraction of sp³-hybridized carbons (Fsp3) is 0.667. The molecule has 2 fully saturated rings. The van der Waals surface area contributed by atoms with Gasteiger partial charge in [-0.15, -0.1) is 22.7 Å². The molecule has 4 heterocycles. The summed E-state index contributed by atoms with van der Waals surface area (Å²) in [5, 5.41) is 7.74. The number of likely N-dealkylation sites (tertiary alicyclic amines) is 1. The monoisotopic (exact) mass is 520 g/mol. The minimum absolute atomic E-state index is 0.0483. The normalized spacial score (nSPS) is 19.9. The number of hydrogen-bond donors (Lipinski definition) is 1. The van der Waals surface area contributed by atoms with Gasteiger partial charge >= 0.3 is 6.09 Å². The van der Waals surface area contributed by atoms with Crippen LogP contribution in [0.4, 0.5) is 4.79 Å². The molecule has 0 unspecified atom stereocenters. The largest absolute Gasteiger partial charge is 0.444 e. The zero-order chi connectivity index (χ0) is 25.7. The lowest BCUT2D eigenvalue weighted by Crippen LogP contribution is -2.52. The van der Waals surface area contributed by atoms with Crippen LogP contribution < -0.4 is 5.32 Å². The summed E-state index contributed by atoms with van der Waals surface area (Å²) in [5.41, 5.74) is -0.0903. The maximum atomic E-state index is 12.2. The van der Waals surface area contributed by atoms with Gasteiger partial charge in [-0.05, 0) is 111 Å². The highest BCUT2D eigenvalue weighted by Gasteiger charge is 2.41. The van der Waals surface area contributed by atoms with Crippen LogP contribution in [0.2, 0.25) is 0 Å². The second kappa shape index (κ2) is 11.7. The molecule has 35 heavy (non-hydrogen) atoms. The standard InChI is InChI=1S/C16H26N2O2S.C11H18N2S/c1-15(2,3)20-14(19)18-10-8-16(9-11-18,17(4)5)13-7-6-12-21-13;1-13(2)11(5-7-12-8-6-11)10-4-3-9-14-10/h6-7,12H,8-11H2,1-5H3;3-4,9,12H,5-8H2,1-2H3. The van der Waals surface area contributed by atoms with Gasteiger partial charge in [0, 0.05) is 22.8 Å². The van der Waals surface area contributed by atoms with Crippen molar-refractivity contribution in [1.29, 1.82) is 0 Å². The number of nitrogens with zero attached hydrogens (tertiary/aromatic N) is 3. The topological polar surface area (TPSA) is 48.1 Å². The second-order valence-corrected chi connectivity index (χ2v) is 12.9. The highest BCUT2D eigenvalue weighted by atomic mass is 32.1. The molecule has 6 nitrogen and oxygen atoms in total. The number of piperidine rings is 2. The van der Waals surface area contributed by atoms with Crippen molar-refractivity contribution < 1.29 is 9.53 Å². The molecule has 1 N–H and O–H groups in total. The summed E-state index contributed by atoms with van der Waals surface area (Å²) in [6.07, 6.45) is 4.14. The average Bonchev–Trinajstić information content (AvgIpc) is 3.53. The van der Waals surface area contributed by atoms with E-state index in [4.69, 9.17) is 4.74 Å². The molecule has 2 aliphatic heterocycles. The Kier molecular flexibility index (Phi) is 9.43. The number of nitrogens with one attached hydrogen (secondary N) is 1. The number of ether oxygens (including phenoxy) is 1. The van der Waals surface area contributed by atoms with Crippen LogP contribution >= 0.6 is 22.7 Å². The second-order valence-electron chi connectivity index (χ2n) is 11.0. The average molecular weight is 521 g/mol. The van der Waals surface area contributed by atoms with Crippen LogP contribution in [-0.2, 0) is 15.8 Å². The molecule has 2 aliphatic rings. The van der Waals surface area contributed by atoms with E-state index in [0.29, 0.717) is 5.54 Å². The Balaban J connectivity index is 0.000000211. The van der Waals surface area contributed by atoms with Crippen LogP contribution in [0.5, 0.6) is 0 Å². The van der Waals surface area contributed by atoms with Crippen molar-refractivity contribution in [3.63, 3.8) is 0 Å². The molecule has 0 bridgehead atoms. The molecular formula is C27H44N4O2S2. The first-order valence-corrected chi connectivity index (χ1v) is 14.4. The Labute approximate surface area is 220 Å². The summed E-state index contributed by atoms with van der Waals surface area (Å²) in [6, 6.07) is 8.74. The van der Waals surface area contributed by atoms with Gasteiger partial charge in [0.05, 0.1) is 11.1 Å². The van der Waals surface area contributed by atoms with E-state index in [1.807, 2.05) is 37.0 Å². The molecule has 2 aromatic heterocycles. The predicted molar refractivity (Wildman–Crippen MR) is 149 cm³/mol. The first kappa shape index (κ1) is 28.1. The summed E-state index contributed by atoms with van der Waals surface area (Å²) in [6.45, 7) is 9.47. The lowest BCUT2D eigenvalue weighted by molar-refractivity contribution is 0.00289. The smallest absolute Gasteiger partial charge is 0.410 e. The van der Waals surface area contributed by atoms with Crippen LogP contribution in [-0.4, -0.2) is 80.8 Å². The molecule has 2 aromatic rings. The van der Waals surface area contributed by atoms with E-state index in [0.717, 1.165) is 39.0 Å². The summed E-state index contributed by atoms with van der Waals surface area (Å²) >= 11 is 3.69. The molecule has 2 saturated heterocycles. The van der Waals surface area contributed by atoms with E-state index in [9.17, 15) is 4.79 Å². The third kappa shape index (κ3) is 6.66. The van der Waals surface area contributed by atoms with Gasteiger partial charge in [0.25, 0.3) is 0 Å². The van der Waals surface area contributed by atoms with E-state index >= 15 is 0 Å². The van der Waals surface area contributed by atoms with Gasteiger partial charge in [-0.3, -0.25) is 9.80 Å². The molecule has 0 atom stereocenters. The maximum Gasteiger partial charge on any atom is 0.410 e. The molecule has 196 valence electrons. The van der Waals surface area contributed by atoms with Gasteiger partial charge < -0.3 is 15.0 Å². The van der Waals surface area contributed by atoms with Crippen LogP contribution in [0.1, 0.15) is 56.2 Å². The Hall–Kier alpha value is -1.45. The van der Waals surface area contributed by atoms with Crippen molar-refractivity contribution in [2.45, 2.75) is 63.1 Å². The lowest BCUT2D eigenvalue weighted by atomic mass is 9.85. The van der Waals surface area contributed by atoms with E-state index in [2.05, 4.69) is 78.3 Å². The van der Waals surface area contributed by atoms with Crippen molar-refractivity contribution >= 4 is 28.8 Å². The summed E-state index contributed by atoms with van der Waals surface area (Å²) in [5.74, 6) is 0. The van der Waals surface area contributed by atoms with Gasteiger partial charge in [0.2, 0.25) is 0 Å². The number of rotatable bonds is 4. The Morgan fingerprint density at radius 3 is 1.71 bits per heavy atom. The van der Waals surface area contributed by atoms with Crippen LogP contribution in [0.25, 0.3) is 0 Å². The first-order chi connectivity index (χ1) is 16.5. The Morgan fingerprint density at radius 1 is 0.886 bits per heavy atom. The van der Waals surface area contributed by atoms with Gasteiger partial charge in [-0.25, -0.2) is 4.79 Å². The molecule has 0 radical (unpaired) electrons. The summed E-state index contributed by atoms with van der Waals surface area (Å²) < 4.78 is 5.47. The number of amides is 1. The van der Waals surface area contributed by atoms with Crippen molar-refractivity contribution in [1.82, 2.24) is 20.0 Å². The fourth-order valence-corrected chi connectivity index (χ4v) is 7.27. The van der Waals surface area contributed by atoms with Crippen molar-refractivity contribution in [2.75, 3.05) is 54.4 Å². The Bertz CT molecular complexity index is 890. The highest BCUT2D eigenvalue weighted by Crippen LogP contribution is 2.40. The van der Waals surface area contributed by atoms with Crippen LogP contribution in [0.3, 0.4) is 0 Å². The van der Waals surface area contributed by atoms with Crippen LogP contribution in [0.15, 0.2) is 35.0 Å². The van der Waals surface area contributed by atoms with Crippen molar-refractivity contribution in [3.05, 3.63) is 44.8 Å². The minimum Gasteiger partial charge on any atom is -0.444 e. The molecule has 4 rings (SSSR count). The minimum atomic E-state index is -0.430. The van der Waals surface area contributed by atoms with E-state index < -0.39 is 5.60 Å². The lowest BCUT2D eigenvalue weighted by Gasteiger charge is -2.45. The maximum absolute atomic E-state index is 12.2. The highest BCUT2D eigenvalue weighted by molar-refractivity contribution is 7.10. The van der Waals surface area contributed by atoms with Gasteiger partial charge in [0.1, 0.15) is 5.60 Å². The zero-order valence-electron chi connectivity index (χ0n) is 22.6.